The Labute approximate surface area is 177 Å². The second-order valence-corrected chi connectivity index (χ2v) is 7.85. The molecule has 0 fully saturated rings. The third kappa shape index (κ3) is 3.17. The Kier molecular flexibility index (Phi) is 4.36. The fraction of sp³-hybridized carbons (Fsp3) is 0.115. The number of H-pyrrole nitrogens is 1. The number of para-hydroxylation sites is 2. The Morgan fingerprint density at radius 3 is 2.32 bits per heavy atom. The first-order valence-corrected chi connectivity index (χ1v) is 10.0. The Bertz CT molecular complexity index is 1370. The molecule has 4 aromatic rings. The summed E-state index contributed by atoms with van der Waals surface area (Å²) in [4.78, 5) is 6.71. The monoisotopic (exact) mass is 417 g/mol. The fourth-order valence-corrected chi connectivity index (χ4v) is 4.31. The third-order valence-corrected chi connectivity index (χ3v) is 5.89. The minimum Gasteiger partial charge on any atom is -0.360 e. The van der Waals surface area contributed by atoms with Crippen LogP contribution in [0, 0.1) is 13.8 Å². The molecule has 154 valence electrons. The van der Waals surface area contributed by atoms with E-state index < -0.39 is 11.7 Å². The molecule has 31 heavy (non-hydrogen) atoms. The minimum absolute atomic E-state index is 0.653. The molecule has 0 spiro atoms. The Morgan fingerprint density at radius 1 is 0.871 bits per heavy atom. The molecule has 5 heteroatoms. The normalized spacial score (nSPS) is 14.9. The molecule has 0 atom stereocenters. The highest BCUT2D eigenvalue weighted by atomic mass is 19.4. The van der Waals surface area contributed by atoms with Crippen molar-refractivity contribution in [3.8, 4) is 0 Å². The zero-order chi connectivity index (χ0) is 21.8. The number of allylic oxidation sites excluding steroid dienone is 1. The van der Waals surface area contributed by atoms with E-state index in [0.717, 1.165) is 67.7 Å². The van der Waals surface area contributed by atoms with Crippen molar-refractivity contribution in [3.05, 3.63) is 100 Å². The molecule has 2 nitrogen and oxygen atoms in total. The van der Waals surface area contributed by atoms with Crippen LogP contribution in [0.5, 0.6) is 0 Å². The lowest BCUT2D eigenvalue weighted by atomic mass is 9.89. The van der Waals surface area contributed by atoms with Crippen molar-refractivity contribution >= 4 is 34.0 Å². The Hall–Kier alpha value is -3.60. The summed E-state index contributed by atoms with van der Waals surface area (Å²) >= 11 is 0. The first kappa shape index (κ1) is 19.4. The number of benzene rings is 3. The molecular weight excluding hydrogens is 397 g/mol. The van der Waals surface area contributed by atoms with Crippen LogP contribution in [-0.4, -0.2) is 11.2 Å². The van der Waals surface area contributed by atoms with E-state index in [9.17, 15) is 13.2 Å². The molecule has 2 heterocycles. The molecule has 0 amide bonds. The van der Waals surface area contributed by atoms with Crippen molar-refractivity contribution in [1.82, 2.24) is 4.98 Å². The van der Waals surface area contributed by atoms with Gasteiger partial charge in [0.1, 0.15) is 0 Å². The van der Waals surface area contributed by atoms with E-state index in [2.05, 4.69) is 9.98 Å². The van der Waals surface area contributed by atoms with Gasteiger partial charge < -0.3 is 4.98 Å². The zero-order valence-electron chi connectivity index (χ0n) is 17.1. The van der Waals surface area contributed by atoms with Gasteiger partial charge >= 0.3 is 6.18 Å². The van der Waals surface area contributed by atoms with Crippen LogP contribution in [0.3, 0.4) is 0 Å². The van der Waals surface area contributed by atoms with E-state index in [1.807, 2.05) is 62.7 Å². The van der Waals surface area contributed by atoms with Gasteiger partial charge in [-0.25, -0.2) is 4.99 Å². The quantitative estimate of drug-likeness (QED) is 0.428. The number of aryl methyl sites for hydroxylation is 2. The zero-order valence-corrected chi connectivity index (χ0v) is 17.1. The summed E-state index contributed by atoms with van der Waals surface area (Å²) < 4.78 is 39.5. The number of aromatic amines is 1. The molecule has 0 bridgehead atoms. The number of rotatable bonds is 2. The largest absolute Gasteiger partial charge is 0.416 e. The van der Waals surface area contributed by atoms with Gasteiger partial charge in [0.25, 0.3) is 0 Å². The first-order chi connectivity index (χ1) is 14.8. The Morgan fingerprint density at radius 2 is 1.58 bits per heavy atom. The molecule has 0 saturated carbocycles. The summed E-state index contributed by atoms with van der Waals surface area (Å²) in [5, 5.41) is 1.04. The van der Waals surface area contributed by atoms with E-state index >= 15 is 0 Å². The number of aromatic nitrogens is 1. The second-order valence-electron chi connectivity index (χ2n) is 7.85. The van der Waals surface area contributed by atoms with Crippen LogP contribution in [0.2, 0.25) is 0 Å². The van der Waals surface area contributed by atoms with E-state index in [1.165, 1.54) is 0 Å². The highest BCUT2D eigenvalue weighted by Gasteiger charge is 2.31. The highest BCUT2D eigenvalue weighted by Crippen LogP contribution is 2.39. The minimum atomic E-state index is -4.37. The lowest BCUT2D eigenvalue weighted by Gasteiger charge is -2.13. The summed E-state index contributed by atoms with van der Waals surface area (Å²) in [5.41, 5.74) is 8.21. The maximum absolute atomic E-state index is 13.2. The van der Waals surface area contributed by atoms with Crippen molar-refractivity contribution in [3.63, 3.8) is 0 Å². The summed E-state index contributed by atoms with van der Waals surface area (Å²) in [6.07, 6.45) is -0.479. The van der Waals surface area contributed by atoms with Crippen LogP contribution in [0.15, 0.2) is 66.9 Å². The van der Waals surface area contributed by atoms with E-state index in [0.29, 0.717) is 0 Å². The molecule has 1 aliphatic heterocycles. The molecule has 3 aromatic carbocycles. The number of fused-ring (bicyclic) bond motifs is 2. The van der Waals surface area contributed by atoms with Crippen molar-refractivity contribution in [2.45, 2.75) is 20.0 Å². The predicted molar refractivity (Wildman–Crippen MR) is 118 cm³/mol. The fourth-order valence-electron chi connectivity index (χ4n) is 4.31. The average Bonchev–Trinajstić information content (AvgIpc) is 3.35. The van der Waals surface area contributed by atoms with Gasteiger partial charge in [-0.1, -0.05) is 42.5 Å². The lowest BCUT2D eigenvalue weighted by Crippen LogP contribution is -2.59. The van der Waals surface area contributed by atoms with Crippen LogP contribution < -0.4 is 4.99 Å². The van der Waals surface area contributed by atoms with E-state index in [1.54, 1.807) is 12.1 Å². The summed E-state index contributed by atoms with van der Waals surface area (Å²) in [5.74, 6) is 0. The second kappa shape index (κ2) is 6.98. The maximum Gasteiger partial charge on any atom is 0.416 e. The molecule has 0 radical (unpaired) electrons. The first-order valence-electron chi connectivity index (χ1n) is 10.0. The third-order valence-electron chi connectivity index (χ3n) is 5.89. The molecule has 5 rings (SSSR count). The number of alkyl halides is 3. The predicted octanol–water partition coefficient (Wildman–Crippen LogP) is 5.56. The number of hydrogen-bond acceptors (Lipinski definition) is 0. The summed E-state index contributed by atoms with van der Waals surface area (Å²) in [6.45, 7) is 4.07. The van der Waals surface area contributed by atoms with Crippen molar-refractivity contribution in [2.24, 2.45) is 0 Å². The lowest BCUT2D eigenvalue weighted by molar-refractivity contribution is -0.343. The van der Waals surface area contributed by atoms with E-state index in [-0.39, 0.29) is 0 Å². The van der Waals surface area contributed by atoms with Gasteiger partial charge in [-0.05, 0) is 43.2 Å². The molecule has 2 N–H and O–H groups in total. The molecule has 0 aliphatic carbocycles. The number of halogens is 3. The van der Waals surface area contributed by atoms with Gasteiger partial charge in [-0.15, -0.1) is 0 Å². The smallest absolute Gasteiger partial charge is 0.360 e. The molecule has 1 aliphatic rings. The average molecular weight is 417 g/mol. The standard InChI is InChI=1S/C26H19F3N2/c1-15-5-3-7-19-21(13-30-24(15)19)23(17-9-11-18(12-10-17)26(27,28)29)22-14-31-25-16(2)6-4-8-20(22)25/h3-14,30H,1-2H3/p+1/b23-22-. The van der Waals surface area contributed by atoms with Crippen LogP contribution in [-0.2, 0) is 6.18 Å². The van der Waals surface area contributed by atoms with Crippen molar-refractivity contribution in [2.75, 3.05) is 0 Å². The molecule has 0 unspecified atom stereocenters. The van der Waals surface area contributed by atoms with Crippen LogP contribution in [0.4, 0.5) is 18.9 Å². The SMILES string of the molecule is Cc1cccc2c1[NH+]=C/C2=C(\c1ccc(C(F)(F)F)cc1)c1c[nH]c2c(C)cccc12. The van der Waals surface area contributed by atoms with E-state index in [4.69, 9.17) is 0 Å². The van der Waals surface area contributed by atoms with Gasteiger partial charge in [0, 0.05) is 33.8 Å². The van der Waals surface area contributed by atoms with Gasteiger partial charge in [0.15, 0.2) is 6.21 Å². The Balaban J connectivity index is 1.80. The van der Waals surface area contributed by atoms with Gasteiger partial charge in [0.05, 0.1) is 16.7 Å². The molecule has 1 aromatic heterocycles. The van der Waals surface area contributed by atoms with Crippen molar-refractivity contribution in [1.29, 1.82) is 0 Å². The maximum atomic E-state index is 13.2. The summed E-state index contributed by atoms with van der Waals surface area (Å²) in [6, 6.07) is 17.6. The van der Waals surface area contributed by atoms with Crippen molar-refractivity contribution < 1.29 is 18.2 Å². The van der Waals surface area contributed by atoms with Gasteiger partial charge in [-0.2, -0.15) is 13.2 Å². The van der Waals surface area contributed by atoms with Gasteiger partial charge in [-0.3, -0.25) is 0 Å². The number of nitrogens with one attached hydrogen (secondary N) is 2. The molecule has 0 saturated heterocycles. The van der Waals surface area contributed by atoms with Crippen LogP contribution in [0.25, 0.3) is 22.0 Å². The highest BCUT2D eigenvalue weighted by molar-refractivity contribution is 6.25. The summed E-state index contributed by atoms with van der Waals surface area (Å²) in [7, 11) is 0. The number of hydrogen-bond donors (Lipinski definition) is 2. The van der Waals surface area contributed by atoms with Gasteiger partial charge in [0.2, 0.25) is 5.69 Å². The topological polar surface area (TPSA) is 29.8 Å². The van der Waals surface area contributed by atoms with Crippen LogP contribution >= 0.6 is 0 Å². The van der Waals surface area contributed by atoms with Crippen LogP contribution in [0.1, 0.15) is 33.4 Å². The molecular formula is C26H20F3N2+.